The van der Waals surface area contributed by atoms with E-state index in [1.54, 1.807) is 24.3 Å². The summed E-state index contributed by atoms with van der Waals surface area (Å²) >= 11 is 0.887. The molecule has 3 rings (SSSR count). The number of ether oxygens (including phenoxy) is 1. The second kappa shape index (κ2) is 8.57. The van der Waals surface area contributed by atoms with E-state index < -0.39 is 27.2 Å². The number of nitro benzene ring substituents is 2. The van der Waals surface area contributed by atoms with Crippen LogP contribution in [0, 0.1) is 20.2 Å². The van der Waals surface area contributed by atoms with Gasteiger partial charge in [0.2, 0.25) is 0 Å². The van der Waals surface area contributed by atoms with Crippen LogP contribution in [0.2, 0.25) is 0 Å². The van der Waals surface area contributed by atoms with Gasteiger partial charge in [-0.1, -0.05) is 11.8 Å². The first-order chi connectivity index (χ1) is 14.3. The van der Waals surface area contributed by atoms with Crippen molar-refractivity contribution < 1.29 is 24.5 Å². The molecule has 0 atom stereocenters. The first-order valence-corrected chi connectivity index (χ1v) is 9.17. The minimum atomic E-state index is -1.07. The van der Waals surface area contributed by atoms with E-state index in [1.807, 2.05) is 0 Å². The largest absolute Gasteiger partial charge is 0.497 e. The molecule has 1 N–H and O–H groups in total. The fraction of sp³-hybridized carbons (Fsp3) is 0.118. The van der Waals surface area contributed by atoms with Gasteiger partial charge in [-0.3, -0.25) is 29.6 Å². The first kappa shape index (κ1) is 20.7. The maximum Gasteiger partial charge on any atom is 0.313 e. The third-order valence-electron chi connectivity index (χ3n) is 3.87. The lowest BCUT2D eigenvalue weighted by molar-refractivity contribution is -0.394. The van der Waals surface area contributed by atoms with Crippen molar-refractivity contribution in [3.8, 4) is 22.8 Å². The summed E-state index contributed by atoms with van der Waals surface area (Å²) in [6, 6.07) is 9.74. The second-order valence-electron chi connectivity index (χ2n) is 5.77. The molecule has 0 spiro atoms. The summed E-state index contributed by atoms with van der Waals surface area (Å²) in [5, 5.41) is 39.6. The van der Waals surface area contributed by atoms with E-state index in [9.17, 15) is 25.0 Å². The lowest BCUT2D eigenvalue weighted by atomic mass is 10.1. The van der Waals surface area contributed by atoms with E-state index in [-0.39, 0.29) is 22.3 Å². The highest BCUT2D eigenvalue weighted by Crippen LogP contribution is 2.33. The van der Waals surface area contributed by atoms with Gasteiger partial charge in [0.15, 0.2) is 11.0 Å². The summed E-state index contributed by atoms with van der Waals surface area (Å²) in [5.74, 6) is -0.723. The Labute approximate surface area is 172 Å². The van der Waals surface area contributed by atoms with Gasteiger partial charge in [-0.05, 0) is 24.3 Å². The van der Waals surface area contributed by atoms with Gasteiger partial charge in [0, 0.05) is 23.4 Å². The molecule has 154 valence electrons. The molecule has 0 saturated carbocycles. The quantitative estimate of drug-likeness (QED) is 0.318. The summed E-state index contributed by atoms with van der Waals surface area (Å²) < 4.78 is 6.59. The van der Waals surface area contributed by atoms with Gasteiger partial charge in [0.05, 0.1) is 28.8 Å². The predicted molar refractivity (Wildman–Crippen MR) is 105 cm³/mol. The van der Waals surface area contributed by atoms with Crippen LogP contribution in [0.4, 0.5) is 11.4 Å². The Balaban J connectivity index is 2.20. The van der Waals surface area contributed by atoms with E-state index >= 15 is 0 Å². The molecule has 0 unspecified atom stereocenters. The number of hydrogen-bond donors (Lipinski definition) is 1. The number of rotatable bonds is 8. The van der Waals surface area contributed by atoms with Crippen LogP contribution in [-0.4, -0.2) is 48.5 Å². The van der Waals surface area contributed by atoms with Crippen molar-refractivity contribution in [3.05, 3.63) is 62.7 Å². The number of methoxy groups -OCH3 is 1. The molecule has 13 heteroatoms. The number of carbonyl (C=O) groups is 1. The maximum atomic E-state index is 11.2. The molecule has 0 saturated heterocycles. The maximum absolute atomic E-state index is 11.2. The Kier molecular flexibility index (Phi) is 5.92. The van der Waals surface area contributed by atoms with E-state index in [2.05, 4.69) is 10.2 Å². The monoisotopic (exact) mass is 431 g/mol. The number of thioether (sulfide) groups is 1. The molecule has 2 aromatic carbocycles. The molecular weight excluding hydrogens is 418 g/mol. The first-order valence-electron chi connectivity index (χ1n) is 8.19. The molecular formula is C17H13N5O7S. The minimum Gasteiger partial charge on any atom is -0.497 e. The molecule has 3 aromatic rings. The highest BCUT2D eigenvalue weighted by atomic mass is 32.2. The third kappa shape index (κ3) is 4.35. The Hall–Kier alpha value is -4.00. The zero-order valence-corrected chi connectivity index (χ0v) is 16.1. The van der Waals surface area contributed by atoms with Gasteiger partial charge in [-0.25, -0.2) is 0 Å². The number of carboxylic acid groups (broad SMARTS) is 1. The van der Waals surface area contributed by atoms with Gasteiger partial charge in [-0.15, -0.1) is 10.2 Å². The van der Waals surface area contributed by atoms with Gasteiger partial charge < -0.3 is 9.84 Å². The second-order valence-corrected chi connectivity index (χ2v) is 6.72. The van der Waals surface area contributed by atoms with E-state index in [0.717, 1.165) is 30.0 Å². The standard InChI is InChI=1S/C17H13N5O7S/c1-29-14-4-2-11(3-5-14)20-16(18-19-17(20)30-9-15(23)24)10-6-12(21(25)26)8-13(7-10)22(27)28/h2-8H,9H2,1H3,(H,23,24). The molecule has 0 amide bonds. The molecule has 0 fully saturated rings. The van der Waals surface area contributed by atoms with Crippen LogP contribution in [0.3, 0.4) is 0 Å². The molecule has 1 aromatic heterocycles. The minimum absolute atomic E-state index is 0.0832. The Bertz CT molecular complexity index is 1100. The van der Waals surface area contributed by atoms with Gasteiger partial charge in [0.25, 0.3) is 11.4 Å². The third-order valence-corrected chi connectivity index (χ3v) is 4.78. The Morgan fingerprint density at radius 3 is 2.20 bits per heavy atom. The molecule has 0 bridgehead atoms. The molecule has 30 heavy (non-hydrogen) atoms. The van der Waals surface area contributed by atoms with Crippen LogP contribution in [0.15, 0.2) is 47.6 Å². The van der Waals surface area contributed by atoms with Gasteiger partial charge in [-0.2, -0.15) is 0 Å². The average Bonchev–Trinajstić information content (AvgIpc) is 3.15. The van der Waals surface area contributed by atoms with Crippen LogP contribution in [-0.2, 0) is 4.79 Å². The van der Waals surface area contributed by atoms with Crippen molar-refractivity contribution in [2.24, 2.45) is 0 Å². The number of non-ortho nitro benzene ring substituents is 2. The average molecular weight is 431 g/mol. The number of nitrogens with zero attached hydrogens (tertiary/aromatic N) is 5. The topological polar surface area (TPSA) is 164 Å². The lowest BCUT2D eigenvalue weighted by Gasteiger charge is -2.11. The number of hydrogen-bond acceptors (Lipinski definition) is 9. The number of aliphatic carboxylic acids is 1. The highest BCUT2D eigenvalue weighted by Gasteiger charge is 2.23. The highest BCUT2D eigenvalue weighted by molar-refractivity contribution is 7.99. The summed E-state index contributed by atoms with van der Waals surface area (Å²) in [6.45, 7) is 0. The summed E-state index contributed by atoms with van der Waals surface area (Å²) in [4.78, 5) is 31.9. The zero-order chi connectivity index (χ0) is 21.8. The summed E-state index contributed by atoms with van der Waals surface area (Å²) in [6.07, 6.45) is 0. The molecule has 0 aliphatic heterocycles. The van der Waals surface area contributed by atoms with Crippen LogP contribution in [0.25, 0.3) is 17.1 Å². The van der Waals surface area contributed by atoms with Crippen LogP contribution < -0.4 is 4.74 Å². The summed E-state index contributed by atoms with van der Waals surface area (Å²) in [5.41, 5.74) is -0.370. The number of benzene rings is 2. The van der Waals surface area contributed by atoms with E-state index in [1.165, 1.54) is 11.7 Å². The Morgan fingerprint density at radius 1 is 1.10 bits per heavy atom. The predicted octanol–water partition coefficient (Wildman–Crippen LogP) is 2.94. The van der Waals surface area contributed by atoms with Crippen molar-refractivity contribution in [2.75, 3.05) is 12.9 Å². The van der Waals surface area contributed by atoms with Gasteiger partial charge in [0.1, 0.15) is 5.75 Å². The van der Waals surface area contributed by atoms with Crippen molar-refractivity contribution in [1.29, 1.82) is 0 Å². The van der Waals surface area contributed by atoms with Crippen LogP contribution >= 0.6 is 11.8 Å². The lowest BCUT2D eigenvalue weighted by Crippen LogP contribution is -2.03. The fourth-order valence-electron chi connectivity index (χ4n) is 2.58. The SMILES string of the molecule is COc1ccc(-n2c(SCC(=O)O)nnc2-c2cc([N+](=O)[O-])cc([N+](=O)[O-])c2)cc1. The normalized spacial score (nSPS) is 10.6. The van der Waals surface area contributed by atoms with E-state index in [4.69, 9.17) is 9.84 Å². The molecule has 0 aliphatic rings. The van der Waals surface area contributed by atoms with Crippen molar-refractivity contribution in [3.63, 3.8) is 0 Å². The zero-order valence-electron chi connectivity index (χ0n) is 15.3. The molecule has 0 radical (unpaired) electrons. The molecule has 12 nitrogen and oxygen atoms in total. The molecule has 1 heterocycles. The number of nitro groups is 2. The van der Waals surface area contributed by atoms with Crippen molar-refractivity contribution >= 4 is 29.1 Å². The van der Waals surface area contributed by atoms with Crippen LogP contribution in [0.5, 0.6) is 5.75 Å². The van der Waals surface area contributed by atoms with Crippen LogP contribution in [0.1, 0.15) is 0 Å². The number of aromatic nitrogens is 3. The Morgan fingerprint density at radius 2 is 1.70 bits per heavy atom. The van der Waals surface area contributed by atoms with Gasteiger partial charge >= 0.3 is 5.97 Å². The van der Waals surface area contributed by atoms with Crippen molar-refractivity contribution in [2.45, 2.75) is 5.16 Å². The van der Waals surface area contributed by atoms with E-state index in [0.29, 0.717) is 11.4 Å². The summed E-state index contributed by atoms with van der Waals surface area (Å²) in [7, 11) is 1.50. The fourth-order valence-corrected chi connectivity index (χ4v) is 3.25. The van der Waals surface area contributed by atoms with Crippen molar-refractivity contribution in [1.82, 2.24) is 14.8 Å². The molecule has 0 aliphatic carbocycles. The number of carboxylic acids is 1. The smallest absolute Gasteiger partial charge is 0.313 e.